The van der Waals surface area contributed by atoms with E-state index in [0.717, 1.165) is 6.42 Å². The van der Waals surface area contributed by atoms with Gasteiger partial charge in [0.05, 0.1) is 6.61 Å². The Morgan fingerprint density at radius 1 is 1.38 bits per heavy atom. The van der Waals surface area contributed by atoms with Crippen molar-refractivity contribution >= 4 is 6.41 Å². The van der Waals surface area contributed by atoms with E-state index in [0.29, 0.717) is 19.4 Å². The van der Waals surface area contributed by atoms with Gasteiger partial charge in [-0.3, -0.25) is 4.79 Å². The van der Waals surface area contributed by atoms with Gasteiger partial charge in [0.2, 0.25) is 6.41 Å². The van der Waals surface area contributed by atoms with Crippen molar-refractivity contribution in [2.75, 3.05) is 13.2 Å². The van der Waals surface area contributed by atoms with Crippen LogP contribution >= 0.6 is 0 Å². The van der Waals surface area contributed by atoms with Crippen LogP contribution in [0.2, 0.25) is 0 Å². The van der Waals surface area contributed by atoms with Crippen molar-refractivity contribution in [3.63, 3.8) is 0 Å². The molecule has 0 aliphatic heterocycles. The van der Waals surface area contributed by atoms with Gasteiger partial charge in [-0.25, -0.2) is 5.11 Å². The Kier molecular flexibility index (Phi) is 5.97. The van der Waals surface area contributed by atoms with Crippen molar-refractivity contribution in [3.05, 3.63) is 0 Å². The molecule has 0 fully saturated rings. The minimum atomic E-state index is -0.0411. The van der Waals surface area contributed by atoms with Crippen LogP contribution in [0.25, 0.3) is 0 Å². The average molecular weight is 116 g/mol. The third-order valence-electron chi connectivity index (χ3n) is 0.799. The Hall–Kier alpha value is -0.570. The molecule has 0 aromatic carbocycles. The molecule has 1 radical (unpaired) electrons. The largest absolute Gasteiger partial charge is 0.359 e. The predicted molar refractivity (Wildman–Crippen MR) is 28.9 cm³/mol. The predicted octanol–water partition coefficient (Wildman–Crippen LogP) is -0.0569. The quantitative estimate of drug-likeness (QED) is 0.397. The summed E-state index contributed by atoms with van der Waals surface area (Å²) >= 11 is 0. The Bertz CT molecular complexity index is 56.4. The molecule has 3 nitrogen and oxygen atoms in total. The van der Waals surface area contributed by atoms with Crippen molar-refractivity contribution in [3.8, 4) is 0 Å². The first-order chi connectivity index (χ1) is 3.91. The number of hydrogen-bond acceptors (Lipinski definition) is 1. The van der Waals surface area contributed by atoms with E-state index in [4.69, 9.17) is 0 Å². The van der Waals surface area contributed by atoms with Crippen molar-refractivity contribution in [2.24, 2.45) is 0 Å². The molecule has 0 spiro atoms. The Balaban J connectivity index is 2.62. The zero-order valence-corrected chi connectivity index (χ0v) is 4.72. The summed E-state index contributed by atoms with van der Waals surface area (Å²) < 4.78 is 0. The number of carbonyl (C=O) groups is 1. The number of amides is 1. The third kappa shape index (κ3) is 5.43. The summed E-state index contributed by atoms with van der Waals surface area (Å²) in [5.41, 5.74) is 0. The average Bonchev–Trinajstić information content (AvgIpc) is 1.81. The molecular formula is C5H10NO2. The highest BCUT2D eigenvalue weighted by Gasteiger charge is 1.82. The molecular weight excluding hydrogens is 106 g/mol. The molecule has 0 aliphatic carbocycles. The fourth-order valence-corrected chi connectivity index (χ4v) is 0.388. The molecule has 0 atom stereocenters. The van der Waals surface area contributed by atoms with E-state index < -0.39 is 0 Å². The van der Waals surface area contributed by atoms with Crippen molar-refractivity contribution in [1.29, 1.82) is 0 Å². The molecule has 0 bridgehead atoms. The van der Waals surface area contributed by atoms with Gasteiger partial charge in [-0.05, 0) is 12.8 Å². The Labute approximate surface area is 48.7 Å². The normalized spacial score (nSPS) is 8.62. The highest BCUT2D eigenvalue weighted by molar-refractivity contribution is 5.45. The van der Waals surface area contributed by atoms with E-state index in [1.165, 1.54) is 0 Å². The minimum absolute atomic E-state index is 0.0411. The second-order valence-electron chi connectivity index (χ2n) is 1.48. The van der Waals surface area contributed by atoms with Gasteiger partial charge in [-0.15, -0.1) is 0 Å². The van der Waals surface area contributed by atoms with Crippen LogP contribution in [-0.4, -0.2) is 19.6 Å². The number of nitrogens with one attached hydrogen (secondary N) is 1. The van der Waals surface area contributed by atoms with Crippen molar-refractivity contribution in [1.82, 2.24) is 5.32 Å². The molecule has 0 unspecified atom stereocenters. The lowest BCUT2D eigenvalue weighted by atomic mass is 10.3. The van der Waals surface area contributed by atoms with Gasteiger partial charge in [0.1, 0.15) is 0 Å². The first-order valence-corrected chi connectivity index (χ1v) is 2.67. The summed E-state index contributed by atoms with van der Waals surface area (Å²) in [6.45, 7) is 0.590. The molecule has 47 valence electrons. The van der Waals surface area contributed by atoms with Gasteiger partial charge >= 0.3 is 0 Å². The smallest absolute Gasteiger partial charge is 0.207 e. The van der Waals surface area contributed by atoms with Crippen LogP contribution in [0.5, 0.6) is 0 Å². The molecule has 0 rings (SSSR count). The van der Waals surface area contributed by atoms with E-state index in [9.17, 15) is 9.90 Å². The van der Waals surface area contributed by atoms with Crippen LogP contribution in [-0.2, 0) is 9.90 Å². The van der Waals surface area contributed by atoms with Gasteiger partial charge in [0.25, 0.3) is 0 Å². The van der Waals surface area contributed by atoms with Gasteiger partial charge in [-0.1, -0.05) is 0 Å². The van der Waals surface area contributed by atoms with Crippen LogP contribution in [0.15, 0.2) is 0 Å². The number of hydrogen-bond donors (Lipinski definition) is 1. The van der Waals surface area contributed by atoms with E-state index in [2.05, 4.69) is 5.32 Å². The van der Waals surface area contributed by atoms with Gasteiger partial charge < -0.3 is 5.32 Å². The maximum Gasteiger partial charge on any atom is 0.207 e. The summed E-state index contributed by atoms with van der Waals surface area (Å²) in [5, 5.41) is 12.2. The monoisotopic (exact) mass is 116 g/mol. The second kappa shape index (κ2) is 6.43. The lowest BCUT2D eigenvalue weighted by molar-refractivity contribution is -0.109. The van der Waals surface area contributed by atoms with E-state index >= 15 is 0 Å². The lowest BCUT2D eigenvalue weighted by Crippen LogP contribution is -2.11. The first kappa shape index (κ1) is 7.43. The molecule has 0 aromatic rings. The maximum absolute atomic E-state index is 9.78. The summed E-state index contributed by atoms with van der Waals surface area (Å²) in [7, 11) is 0. The Morgan fingerprint density at radius 3 is 2.62 bits per heavy atom. The third-order valence-corrected chi connectivity index (χ3v) is 0.799. The number of rotatable bonds is 5. The molecule has 0 aliphatic rings. The molecule has 3 heteroatoms. The molecule has 1 amide bonds. The fourth-order valence-electron chi connectivity index (χ4n) is 0.388. The summed E-state index contributed by atoms with van der Waals surface area (Å²) in [6.07, 6.45) is 2.09. The zero-order valence-electron chi connectivity index (χ0n) is 4.72. The van der Waals surface area contributed by atoms with Crippen LogP contribution in [0.3, 0.4) is 0 Å². The SMILES string of the molecule is [O]CCCCNC=O. The molecule has 0 aromatic heterocycles. The lowest BCUT2D eigenvalue weighted by Gasteiger charge is -1.92. The molecule has 0 saturated heterocycles. The summed E-state index contributed by atoms with van der Waals surface area (Å²) in [4.78, 5) is 9.58. The van der Waals surface area contributed by atoms with Crippen LogP contribution in [0.1, 0.15) is 12.8 Å². The summed E-state index contributed by atoms with van der Waals surface area (Å²) in [6, 6.07) is 0. The number of unbranched alkanes of at least 4 members (excludes halogenated alkanes) is 1. The van der Waals surface area contributed by atoms with Crippen LogP contribution in [0.4, 0.5) is 0 Å². The van der Waals surface area contributed by atoms with Gasteiger partial charge in [0, 0.05) is 6.54 Å². The highest BCUT2D eigenvalue weighted by atomic mass is 16.2. The topological polar surface area (TPSA) is 49.0 Å². The van der Waals surface area contributed by atoms with Crippen LogP contribution < -0.4 is 5.32 Å². The maximum atomic E-state index is 9.78. The highest BCUT2D eigenvalue weighted by Crippen LogP contribution is 1.81. The summed E-state index contributed by atoms with van der Waals surface area (Å²) in [5.74, 6) is 0. The zero-order chi connectivity index (χ0) is 6.24. The standard InChI is InChI=1S/C5H10NO2/c7-4-2-1-3-6-5-8/h5H,1-4H2,(H,6,8). The molecule has 0 saturated carbocycles. The van der Waals surface area contributed by atoms with E-state index in [1.807, 2.05) is 0 Å². The van der Waals surface area contributed by atoms with Crippen molar-refractivity contribution < 1.29 is 9.90 Å². The first-order valence-electron chi connectivity index (χ1n) is 2.67. The fraction of sp³-hybridized carbons (Fsp3) is 0.800. The van der Waals surface area contributed by atoms with Gasteiger partial charge in [-0.2, -0.15) is 0 Å². The van der Waals surface area contributed by atoms with Gasteiger partial charge in [0.15, 0.2) is 0 Å². The second-order valence-corrected chi connectivity index (χ2v) is 1.48. The van der Waals surface area contributed by atoms with Crippen molar-refractivity contribution in [2.45, 2.75) is 12.8 Å². The van der Waals surface area contributed by atoms with E-state index in [1.54, 1.807) is 0 Å². The van der Waals surface area contributed by atoms with E-state index in [-0.39, 0.29) is 6.61 Å². The molecule has 0 heterocycles. The molecule has 8 heavy (non-hydrogen) atoms. The minimum Gasteiger partial charge on any atom is -0.359 e. The number of carbonyl (C=O) groups excluding carboxylic acids is 1. The molecule has 1 N–H and O–H groups in total. The van der Waals surface area contributed by atoms with Crippen LogP contribution in [0, 0.1) is 0 Å². The Morgan fingerprint density at radius 2 is 2.12 bits per heavy atom.